The molecule has 1 aromatic heterocycles. The zero-order valence-corrected chi connectivity index (χ0v) is 19.9. The van der Waals surface area contributed by atoms with Crippen molar-refractivity contribution in [3.05, 3.63) is 83.4 Å². The number of benzene rings is 2. The quantitative estimate of drug-likeness (QED) is 0.494. The number of imidazole rings is 1. The van der Waals surface area contributed by atoms with Crippen molar-refractivity contribution in [1.82, 2.24) is 14.3 Å². The third-order valence-electron chi connectivity index (χ3n) is 6.80. The highest BCUT2D eigenvalue weighted by Gasteiger charge is 2.51. The number of aromatic amines is 1. The summed E-state index contributed by atoms with van der Waals surface area (Å²) in [6.07, 6.45) is 6.43. The van der Waals surface area contributed by atoms with Gasteiger partial charge in [0.2, 0.25) is 0 Å². The Morgan fingerprint density at radius 2 is 1.86 bits per heavy atom. The molecule has 0 amide bonds. The van der Waals surface area contributed by atoms with Crippen LogP contribution in [0.4, 0.5) is 18.9 Å². The predicted molar refractivity (Wildman–Crippen MR) is 127 cm³/mol. The van der Waals surface area contributed by atoms with Gasteiger partial charge in [0.1, 0.15) is 0 Å². The maximum atomic E-state index is 13.7. The molecule has 0 saturated heterocycles. The summed E-state index contributed by atoms with van der Waals surface area (Å²) >= 11 is 0. The molecule has 1 saturated carbocycles. The molecule has 6 nitrogen and oxygen atoms in total. The second-order valence-electron chi connectivity index (χ2n) is 9.29. The third-order valence-corrected chi connectivity index (χ3v) is 8.34. The number of alkyl halides is 3. The van der Waals surface area contributed by atoms with Gasteiger partial charge in [-0.1, -0.05) is 42.5 Å². The Morgan fingerprint density at radius 1 is 1.09 bits per heavy atom. The number of halogens is 3. The number of hydrogen-bond donors (Lipinski definition) is 1. The lowest BCUT2D eigenvalue weighted by Crippen LogP contribution is -2.47. The van der Waals surface area contributed by atoms with Gasteiger partial charge < -0.3 is 9.88 Å². The first kappa shape index (κ1) is 23.9. The first-order valence-electron chi connectivity index (χ1n) is 11.7. The topological polar surface area (TPSA) is 69.3 Å². The molecule has 10 heteroatoms. The number of rotatable bonds is 7. The largest absolute Gasteiger partial charge is 0.511 e. The number of fused-ring (bicyclic) bond motifs is 1. The molecule has 3 aromatic rings. The highest BCUT2D eigenvalue weighted by molar-refractivity contribution is 7.89. The number of aromatic nitrogens is 2. The number of hydrogen-bond acceptors (Lipinski definition) is 4. The highest BCUT2D eigenvalue weighted by atomic mass is 32.2. The molecule has 35 heavy (non-hydrogen) atoms. The van der Waals surface area contributed by atoms with Gasteiger partial charge in [0.25, 0.3) is 0 Å². The van der Waals surface area contributed by atoms with Gasteiger partial charge in [-0.15, -0.1) is 0 Å². The molecular weight excluding hydrogens is 477 g/mol. The van der Waals surface area contributed by atoms with Crippen LogP contribution in [0.3, 0.4) is 0 Å². The summed E-state index contributed by atoms with van der Waals surface area (Å²) in [4.78, 5) is 9.19. The van der Waals surface area contributed by atoms with E-state index in [-0.39, 0.29) is 13.1 Å². The summed E-state index contributed by atoms with van der Waals surface area (Å²) in [5.41, 5.74) is -1.08. The zero-order valence-electron chi connectivity index (χ0n) is 19.1. The standard InChI is InChI=1S/C25H27F3N4O2S/c26-25(27,28)35(33,34)31-14-21-12-20(19-7-8-19)9-11-24(21)32(15-22-13-29-17-30-22)23(16-31)10-6-18-4-2-1-3-5-18/h1-5,9,11-13,17,19,23H,6-8,10,14-16H2,(H,29,30)/t23-/m1/s1. The van der Waals surface area contributed by atoms with E-state index in [0.717, 1.165) is 35.3 Å². The fourth-order valence-electron chi connectivity index (χ4n) is 4.79. The molecule has 1 aliphatic heterocycles. The van der Waals surface area contributed by atoms with Crippen LogP contribution in [-0.2, 0) is 29.5 Å². The molecule has 1 aliphatic carbocycles. The maximum Gasteiger partial charge on any atom is 0.511 e. The minimum Gasteiger partial charge on any atom is -0.361 e. The van der Waals surface area contributed by atoms with Crippen LogP contribution < -0.4 is 4.90 Å². The van der Waals surface area contributed by atoms with Crippen molar-refractivity contribution in [3.63, 3.8) is 0 Å². The van der Waals surface area contributed by atoms with Crippen LogP contribution in [0.15, 0.2) is 61.1 Å². The molecule has 2 heterocycles. The van der Waals surface area contributed by atoms with Crippen molar-refractivity contribution < 1.29 is 21.6 Å². The Labute approximate surface area is 202 Å². The fourth-order valence-corrected chi connectivity index (χ4v) is 5.76. The number of nitrogens with one attached hydrogen (secondary N) is 1. The van der Waals surface area contributed by atoms with Crippen molar-refractivity contribution in [2.45, 2.75) is 56.2 Å². The second kappa shape index (κ2) is 9.31. The molecule has 0 bridgehead atoms. The molecule has 0 radical (unpaired) electrons. The van der Waals surface area contributed by atoms with Gasteiger partial charge in [-0.3, -0.25) is 0 Å². The van der Waals surface area contributed by atoms with Crippen molar-refractivity contribution >= 4 is 15.7 Å². The molecule has 5 rings (SSSR count). The molecule has 1 fully saturated rings. The normalized spacial score (nSPS) is 19.4. The molecule has 186 valence electrons. The van der Waals surface area contributed by atoms with Gasteiger partial charge in [0.15, 0.2) is 0 Å². The third kappa shape index (κ3) is 5.08. The van der Waals surface area contributed by atoms with E-state index in [1.54, 1.807) is 12.5 Å². The van der Waals surface area contributed by atoms with E-state index >= 15 is 0 Å². The Kier molecular flexibility index (Phi) is 6.35. The van der Waals surface area contributed by atoms with Crippen molar-refractivity contribution in [2.75, 3.05) is 11.4 Å². The second-order valence-corrected chi connectivity index (χ2v) is 11.2. The summed E-state index contributed by atoms with van der Waals surface area (Å²) in [5.74, 6) is 0.395. The molecule has 2 aliphatic rings. The van der Waals surface area contributed by atoms with Gasteiger partial charge in [0, 0.05) is 31.0 Å². The lowest BCUT2D eigenvalue weighted by atomic mass is 10.0. The van der Waals surface area contributed by atoms with Crippen LogP contribution in [0.2, 0.25) is 0 Å². The van der Waals surface area contributed by atoms with Crippen LogP contribution in [0, 0.1) is 0 Å². The molecular formula is C25H27F3N4O2S. The Morgan fingerprint density at radius 3 is 2.51 bits per heavy atom. The maximum absolute atomic E-state index is 13.7. The summed E-state index contributed by atoms with van der Waals surface area (Å²) in [7, 11) is -5.50. The fraction of sp³-hybridized carbons (Fsp3) is 0.400. The lowest BCUT2D eigenvalue weighted by molar-refractivity contribution is -0.0492. The van der Waals surface area contributed by atoms with E-state index in [1.807, 2.05) is 53.4 Å². The van der Waals surface area contributed by atoms with E-state index in [9.17, 15) is 21.6 Å². The van der Waals surface area contributed by atoms with Gasteiger partial charge in [-0.25, -0.2) is 13.4 Å². The number of sulfonamides is 1. The first-order chi connectivity index (χ1) is 16.7. The SMILES string of the molecule is O=S(=O)(N1Cc2cc(C3CC3)ccc2N(Cc2cnc[nH]2)[C@H](CCc2ccccc2)C1)C(F)(F)F. The van der Waals surface area contributed by atoms with Crippen molar-refractivity contribution in [1.29, 1.82) is 0 Å². The number of H-pyrrole nitrogens is 1. The monoisotopic (exact) mass is 504 g/mol. The average molecular weight is 505 g/mol. The number of nitrogens with zero attached hydrogens (tertiary/aromatic N) is 3. The summed E-state index contributed by atoms with van der Waals surface area (Å²) < 4.78 is 66.8. The lowest BCUT2D eigenvalue weighted by Gasteiger charge is -2.34. The van der Waals surface area contributed by atoms with Crippen LogP contribution in [0.5, 0.6) is 0 Å². The molecule has 0 spiro atoms. The van der Waals surface area contributed by atoms with E-state index in [2.05, 4.69) is 9.97 Å². The number of aryl methyl sites for hydroxylation is 1. The molecule has 1 atom stereocenters. The minimum absolute atomic E-state index is 0.254. The Hall–Kier alpha value is -2.85. The average Bonchev–Trinajstić information content (AvgIpc) is 3.58. The summed E-state index contributed by atoms with van der Waals surface area (Å²) in [6, 6.07) is 15.1. The van der Waals surface area contributed by atoms with E-state index < -0.39 is 21.6 Å². The Balaban J connectivity index is 1.56. The van der Waals surface area contributed by atoms with Crippen LogP contribution in [0.25, 0.3) is 0 Å². The first-order valence-corrected chi connectivity index (χ1v) is 13.1. The van der Waals surface area contributed by atoms with Gasteiger partial charge in [-0.05, 0) is 54.4 Å². The van der Waals surface area contributed by atoms with E-state index in [1.165, 1.54) is 0 Å². The van der Waals surface area contributed by atoms with Crippen LogP contribution in [0.1, 0.15) is 47.6 Å². The van der Waals surface area contributed by atoms with Crippen molar-refractivity contribution in [3.8, 4) is 0 Å². The highest BCUT2D eigenvalue weighted by Crippen LogP contribution is 2.43. The molecule has 2 aromatic carbocycles. The van der Waals surface area contributed by atoms with Gasteiger partial charge >= 0.3 is 15.5 Å². The van der Waals surface area contributed by atoms with Crippen LogP contribution in [-0.4, -0.2) is 40.8 Å². The van der Waals surface area contributed by atoms with Crippen molar-refractivity contribution in [2.24, 2.45) is 0 Å². The van der Waals surface area contributed by atoms with E-state index in [4.69, 9.17) is 0 Å². The zero-order chi connectivity index (χ0) is 24.6. The predicted octanol–water partition coefficient (Wildman–Crippen LogP) is 4.96. The van der Waals surface area contributed by atoms with Gasteiger partial charge in [-0.2, -0.15) is 17.5 Å². The molecule has 1 N–H and O–H groups in total. The smallest absolute Gasteiger partial charge is 0.361 e. The van der Waals surface area contributed by atoms with E-state index in [0.29, 0.717) is 35.2 Å². The minimum atomic E-state index is -5.50. The Bertz CT molecular complexity index is 1260. The van der Waals surface area contributed by atoms with Crippen LogP contribution >= 0.6 is 0 Å². The number of anilines is 1. The summed E-state index contributed by atoms with van der Waals surface area (Å²) in [6.45, 7) is -0.176. The molecule has 0 unspecified atom stereocenters. The van der Waals surface area contributed by atoms with Gasteiger partial charge in [0.05, 0.1) is 18.6 Å². The summed E-state index contributed by atoms with van der Waals surface area (Å²) in [5, 5.41) is 0.